The summed E-state index contributed by atoms with van der Waals surface area (Å²) in [5.41, 5.74) is 7.83. The Morgan fingerprint density at radius 3 is 3.03 bits per heavy atom. The molecule has 4 unspecified atom stereocenters. The highest BCUT2D eigenvalue weighted by Crippen LogP contribution is 2.41. The van der Waals surface area contributed by atoms with Gasteiger partial charge in [0.1, 0.15) is 24.2 Å². The number of nitrogens with zero attached hydrogens (tertiary/aromatic N) is 3. The molecule has 33 heavy (non-hydrogen) atoms. The number of aliphatic imine (C=N–C) groups is 2. The normalized spacial score (nSPS) is 29.4. The average Bonchev–Trinajstić information content (AvgIpc) is 3.41. The lowest BCUT2D eigenvalue weighted by atomic mass is 10.0. The van der Waals surface area contributed by atoms with Crippen molar-refractivity contribution in [2.45, 2.75) is 56.2 Å². The Morgan fingerprint density at radius 1 is 1.48 bits per heavy atom. The van der Waals surface area contributed by atoms with E-state index in [4.69, 9.17) is 15.2 Å². The van der Waals surface area contributed by atoms with Crippen molar-refractivity contribution >= 4 is 45.6 Å². The van der Waals surface area contributed by atoms with E-state index in [0.717, 1.165) is 16.9 Å². The van der Waals surface area contributed by atoms with Crippen molar-refractivity contribution in [1.82, 2.24) is 10.2 Å². The first-order chi connectivity index (χ1) is 15.9. The van der Waals surface area contributed by atoms with E-state index in [1.165, 1.54) is 0 Å². The summed E-state index contributed by atoms with van der Waals surface area (Å²) in [6.45, 7) is 8.28. The van der Waals surface area contributed by atoms with Gasteiger partial charge in [0, 0.05) is 23.0 Å². The molecular formula is C22H29N5O4S2. The van der Waals surface area contributed by atoms with Gasteiger partial charge >= 0.3 is 0 Å². The van der Waals surface area contributed by atoms with Gasteiger partial charge in [-0.2, -0.15) is 0 Å². The maximum absolute atomic E-state index is 12.2. The van der Waals surface area contributed by atoms with Gasteiger partial charge in [0.15, 0.2) is 18.2 Å². The highest BCUT2D eigenvalue weighted by Gasteiger charge is 2.47. The molecule has 1 saturated heterocycles. The minimum absolute atomic E-state index is 0.0551. The number of nitrogens with one attached hydrogen (secondary N) is 1. The Morgan fingerprint density at radius 2 is 2.27 bits per heavy atom. The van der Waals surface area contributed by atoms with Crippen molar-refractivity contribution in [2.24, 2.45) is 15.7 Å². The topological polar surface area (TPSA) is 122 Å². The fourth-order valence-corrected chi connectivity index (χ4v) is 6.14. The standard InChI is InChI=1S/C22H29N5O4S2/c1-4-32-33-13(3)15-8-6-5-7-14(15)12(2)30-16-9-18(31-17(16)10-28)27-11-24-19-20(27)25-22(23)26-21(19)29/h5-8,11,13,16-20,28H,2,4,9-10H2,1,3H3,(H3,23,25,26,29)/t13?,16?,17-,18-,19?,20?/m1/s1. The molecule has 0 bridgehead atoms. The van der Waals surface area contributed by atoms with Gasteiger partial charge in [0.25, 0.3) is 5.91 Å². The van der Waals surface area contributed by atoms with Gasteiger partial charge in [-0.05, 0) is 12.5 Å². The van der Waals surface area contributed by atoms with Crippen molar-refractivity contribution < 1.29 is 19.4 Å². The van der Waals surface area contributed by atoms with Crippen LogP contribution in [-0.4, -0.2) is 71.2 Å². The van der Waals surface area contributed by atoms with E-state index in [0.29, 0.717) is 12.2 Å². The Balaban J connectivity index is 1.46. The smallest absolute Gasteiger partial charge is 0.255 e. The fraction of sp³-hybridized carbons (Fsp3) is 0.500. The summed E-state index contributed by atoms with van der Waals surface area (Å²) in [6.07, 6.45) is 0.0144. The van der Waals surface area contributed by atoms with Gasteiger partial charge in [0.05, 0.1) is 12.9 Å². The molecular weight excluding hydrogens is 462 g/mol. The number of fused-ring (bicyclic) bond motifs is 1. The highest BCUT2D eigenvalue weighted by atomic mass is 33.1. The van der Waals surface area contributed by atoms with E-state index < -0.39 is 30.6 Å². The third-order valence-electron chi connectivity index (χ3n) is 5.76. The third-order valence-corrected chi connectivity index (χ3v) is 8.65. The molecule has 3 heterocycles. The number of carbonyl (C=O) groups excluding carboxylic acids is 1. The minimum Gasteiger partial charge on any atom is -0.487 e. The van der Waals surface area contributed by atoms with Gasteiger partial charge in [-0.1, -0.05) is 59.4 Å². The summed E-state index contributed by atoms with van der Waals surface area (Å²) in [5, 5.41) is 12.7. The number of ether oxygens (including phenoxy) is 2. The summed E-state index contributed by atoms with van der Waals surface area (Å²) in [7, 11) is 3.64. The second kappa shape index (κ2) is 10.4. The predicted octanol–water partition coefficient (Wildman–Crippen LogP) is 2.10. The summed E-state index contributed by atoms with van der Waals surface area (Å²) < 4.78 is 12.3. The van der Waals surface area contributed by atoms with Crippen LogP contribution in [0.25, 0.3) is 5.76 Å². The molecule has 3 aliphatic rings. The monoisotopic (exact) mass is 491 g/mol. The Kier molecular flexibility index (Phi) is 7.52. The summed E-state index contributed by atoms with van der Waals surface area (Å²) in [5.74, 6) is 1.33. The molecule has 0 aromatic heterocycles. The van der Waals surface area contributed by atoms with Crippen LogP contribution in [-0.2, 0) is 14.3 Å². The quantitative estimate of drug-likeness (QED) is 0.355. The van der Waals surface area contributed by atoms with Gasteiger partial charge in [0.2, 0.25) is 0 Å². The zero-order valence-electron chi connectivity index (χ0n) is 18.6. The molecule has 4 rings (SSSR count). The zero-order valence-corrected chi connectivity index (χ0v) is 20.2. The molecule has 11 heteroatoms. The predicted molar refractivity (Wildman–Crippen MR) is 133 cm³/mol. The Hall–Kier alpha value is -2.21. The number of rotatable bonds is 9. The summed E-state index contributed by atoms with van der Waals surface area (Å²) in [4.78, 5) is 22.5. The van der Waals surface area contributed by atoms with E-state index in [2.05, 4.69) is 41.8 Å². The van der Waals surface area contributed by atoms with Crippen LogP contribution in [0.2, 0.25) is 0 Å². The van der Waals surface area contributed by atoms with Crippen LogP contribution < -0.4 is 11.1 Å². The van der Waals surface area contributed by atoms with E-state index in [1.54, 1.807) is 11.2 Å². The first kappa shape index (κ1) is 23.9. The van der Waals surface area contributed by atoms with Gasteiger partial charge < -0.3 is 25.2 Å². The molecule has 0 aliphatic carbocycles. The first-order valence-electron chi connectivity index (χ1n) is 10.9. The lowest BCUT2D eigenvalue weighted by Gasteiger charge is -2.31. The highest BCUT2D eigenvalue weighted by molar-refractivity contribution is 8.76. The van der Waals surface area contributed by atoms with Crippen molar-refractivity contribution in [2.75, 3.05) is 12.4 Å². The molecule has 3 aliphatic heterocycles. The number of hydrogen-bond acceptors (Lipinski definition) is 10. The fourth-order valence-electron chi connectivity index (χ4n) is 4.16. The molecule has 1 aromatic rings. The molecule has 0 spiro atoms. The van der Waals surface area contributed by atoms with Crippen molar-refractivity contribution in [3.63, 3.8) is 0 Å². The maximum atomic E-state index is 12.2. The lowest BCUT2D eigenvalue weighted by molar-refractivity contribution is -0.123. The number of nitrogens with two attached hydrogens (primary N) is 1. The molecule has 0 radical (unpaired) electrons. The molecule has 1 fully saturated rings. The number of hydrogen-bond donors (Lipinski definition) is 3. The van der Waals surface area contributed by atoms with Gasteiger partial charge in [-0.15, -0.1) is 0 Å². The molecule has 1 aromatic carbocycles. The lowest BCUT2D eigenvalue weighted by Crippen LogP contribution is -2.55. The van der Waals surface area contributed by atoms with Gasteiger partial charge in [-0.3, -0.25) is 15.1 Å². The van der Waals surface area contributed by atoms with Crippen molar-refractivity contribution in [3.05, 3.63) is 42.0 Å². The molecule has 0 saturated carbocycles. The number of guanidine groups is 1. The molecule has 6 atom stereocenters. The number of benzene rings is 1. The second-order valence-corrected chi connectivity index (χ2v) is 10.9. The SMILES string of the molecule is C=C(OC1C[C@H](N2C=NC3C(=O)NC(N)=NC32)O[C@@H]1CO)c1ccccc1C(C)SSCC. The van der Waals surface area contributed by atoms with Crippen LogP contribution in [0.1, 0.15) is 36.6 Å². The number of aliphatic hydroxyl groups excluding tert-OH is 1. The van der Waals surface area contributed by atoms with Gasteiger partial charge in [-0.25, -0.2) is 4.99 Å². The zero-order chi connectivity index (χ0) is 23.5. The number of amides is 1. The molecule has 9 nitrogen and oxygen atoms in total. The Bertz CT molecular complexity index is 958. The number of aliphatic hydroxyl groups is 1. The van der Waals surface area contributed by atoms with Crippen LogP contribution in [0, 0.1) is 0 Å². The van der Waals surface area contributed by atoms with E-state index in [-0.39, 0.29) is 23.7 Å². The molecule has 4 N–H and O–H groups in total. The van der Waals surface area contributed by atoms with Crippen LogP contribution in [0.4, 0.5) is 0 Å². The second-order valence-electron chi connectivity index (χ2n) is 7.93. The van der Waals surface area contributed by atoms with Crippen molar-refractivity contribution in [3.8, 4) is 0 Å². The Labute approximate surface area is 201 Å². The van der Waals surface area contributed by atoms with E-state index in [1.807, 2.05) is 39.8 Å². The summed E-state index contributed by atoms with van der Waals surface area (Å²) >= 11 is 0. The maximum Gasteiger partial charge on any atom is 0.255 e. The summed E-state index contributed by atoms with van der Waals surface area (Å²) in [6, 6.07) is 7.40. The first-order valence-corrected chi connectivity index (χ1v) is 13.3. The largest absolute Gasteiger partial charge is 0.487 e. The minimum atomic E-state index is -0.671. The number of carbonyl (C=O) groups is 1. The van der Waals surface area contributed by atoms with E-state index in [9.17, 15) is 9.90 Å². The molecule has 178 valence electrons. The molecule has 1 amide bonds. The van der Waals surface area contributed by atoms with E-state index >= 15 is 0 Å². The van der Waals surface area contributed by atoms with Crippen LogP contribution >= 0.6 is 21.6 Å². The van der Waals surface area contributed by atoms with Crippen LogP contribution in [0.3, 0.4) is 0 Å². The van der Waals surface area contributed by atoms with Crippen molar-refractivity contribution in [1.29, 1.82) is 0 Å². The van der Waals surface area contributed by atoms with Crippen LogP contribution in [0.5, 0.6) is 0 Å². The average molecular weight is 492 g/mol. The van der Waals surface area contributed by atoms with Crippen LogP contribution in [0.15, 0.2) is 40.8 Å². The third kappa shape index (κ3) is 5.01.